The molecule has 2 heterocycles. The zero-order chi connectivity index (χ0) is 15.9. The van der Waals surface area contributed by atoms with E-state index in [1.165, 1.54) is 29.7 Å². The number of hydrogen-bond acceptors (Lipinski definition) is 4. The number of rotatable bonds is 2. The monoisotopic (exact) mass is 328 g/mol. The highest BCUT2D eigenvalue weighted by Gasteiger charge is 2.43. The molecule has 0 saturated carbocycles. The van der Waals surface area contributed by atoms with E-state index in [-0.39, 0.29) is 5.41 Å². The van der Waals surface area contributed by atoms with Crippen LogP contribution in [0.25, 0.3) is 0 Å². The number of piperidine rings is 1. The minimum absolute atomic E-state index is 0.156. The molecule has 4 rings (SSSR count). The van der Waals surface area contributed by atoms with E-state index in [4.69, 9.17) is 17.3 Å². The van der Waals surface area contributed by atoms with E-state index in [1.807, 2.05) is 18.3 Å². The summed E-state index contributed by atoms with van der Waals surface area (Å²) in [6, 6.07) is 8.16. The summed E-state index contributed by atoms with van der Waals surface area (Å²) < 4.78 is 0. The quantitative estimate of drug-likeness (QED) is 0.919. The Kier molecular flexibility index (Phi) is 3.74. The van der Waals surface area contributed by atoms with Crippen LogP contribution in [0, 0.1) is 0 Å². The van der Waals surface area contributed by atoms with Crippen LogP contribution in [0.15, 0.2) is 30.5 Å². The summed E-state index contributed by atoms with van der Waals surface area (Å²) in [4.78, 5) is 11.3. The van der Waals surface area contributed by atoms with Crippen LogP contribution in [0.4, 0.5) is 5.95 Å². The van der Waals surface area contributed by atoms with Gasteiger partial charge in [-0.1, -0.05) is 23.7 Å². The second-order valence-corrected chi connectivity index (χ2v) is 7.26. The third-order valence-electron chi connectivity index (χ3n) is 5.21. The average molecular weight is 329 g/mol. The lowest BCUT2D eigenvalue weighted by Crippen LogP contribution is -2.45. The Balaban J connectivity index is 1.58. The highest BCUT2D eigenvalue weighted by Crippen LogP contribution is 2.44. The third kappa shape index (κ3) is 2.81. The first-order valence-corrected chi connectivity index (χ1v) is 8.61. The molecule has 5 heteroatoms. The summed E-state index contributed by atoms with van der Waals surface area (Å²) in [5.74, 6) is 0.400. The molecule has 2 aromatic rings. The molecule has 1 aliphatic carbocycles. The number of fused-ring (bicyclic) bond motifs is 2. The van der Waals surface area contributed by atoms with Gasteiger partial charge >= 0.3 is 0 Å². The summed E-state index contributed by atoms with van der Waals surface area (Å²) in [7, 11) is 0. The van der Waals surface area contributed by atoms with E-state index in [0.29, 0.717) is 5.95 Å². The fraction of sp³-hybridized carbons (Fsp3) is 0.444. The van der Waals surface area contributed by atoms with E-state index in [0.717, 1.165) is 37.5 Å². The molecule has 1 spiro atoms. The second-order valence-electron chi connectivity index (χ2n) is 6.83. The van der Waals surface area contributed by atoms with Crippen molar-refractivity contribution in [3.8, 4) is 0 Å². The molecule has 0 radical (unpaired) electrons. The maximum Gasteiger partial charge on any atom is 0.220 e. The molecule has 120 valence electrons. The van der Waals surface area contributed by atoms with Gasteiger partial charge in [0.15, 0.2) is 0 Å². The standard InChI is InChI=1S/C18H21ClN4/c19-15-4-1-3-13(9-15)11-23-8-2-6-18(12-23)7-5-14-10-21-17(20)22-16(14)18/h1,3-4,9-10H,2,5-8,11-12H2,(H2,20,21,22). The van der Waals surface area contributed by atoms with Crippen molar-refractivity contribution in [1.29, 1.82) is 0 Å². The van der Waals surface area contributed by atoms with Gasteiger partial charge in [0.2, 0.25) is 5.95 Å². The summed E-state index contributed by atoms with van der Waals surface area (Å²) in [6.07, 6.45) is 6.54. The molecule has 0 bridgehead atoms. The maximum atomic E-state index is 6.12. The maximum absolute atomic E-state index is 6.12. The summed E-state index contributed by atoms with van der Waals surface area (Å²) in [6.45, 7) is 3.12. The zero-order valence-electron chi connectivity index (χ0n) is 13.1. The Morgan fingerprint density at radius 3 is 3.09 bits per heavy atom. The minimum Gasteiger partial charge on any atom is -0.368 e. The van der Waals surface area contributed by atoms with Gasteiger partial charge in [-0.15, -0.1) is 0 Å². The predicted octanol–water partition coefficient (Wildman–Crippen LogP) is 3.19. The van der Waals surface area contributed by atoms with Crippen molar-refractivity contribution < 1.29 is 0 Å². The fourth-order valence-corrected chi connectivity index (χ4v) is 4.42. The van der Waals surface area contributed by atoms with Gasteiger partial charge in [0.05, 0.1) is 5.69 Å². The lowest BCUT2D eigenvalue weighted by atomic mass is 9.77. The van der Waals surface area contributed by atoms with Crippen LogP contribution in [0.2, 0.25) is 5.02 Å². The molecule has 1 aliphatic heterocycles. The normalized spacial score (nSPS) is 24.0. The fourth-order valence-electron chi connectivity index (χ4n) is 4.21. The van der Waals surface area contributed by atoms with Gasteiger partial charge in [-0.3, -0.25) is 4.90 Å². The SMILES string of the molecule is Nc1ncc2c(n1)C1(CCCN(Cc3cccc(Cl)c3)C1)CC2. The first-order valence-electron chi connectivity index (χ1n) is 8.23. The molecule has 2 N–H and O–H groups in total. The van der Waals surface area contributed by atoms with E-state index in [1.54, 1.807) is 0 Å². The van der Waals surface area contributed by atoms with Crippen molar-refractivity contribution in [3.63, 3.8) is 0 Å². The van der Waals surface area contributed by atoms with Crippen molar-refractivity contribution >= 4 is 17.5 Å². The number of likely N-dealkylation sites (tertiary alicyclic amines) is 1. The molecular formula is C18H21ClN4. The van der Waals surface area contributed by atoms with Gasteiger partial charge in [-0.2, -0.15) is 0 Å². The van der Waals surface area contributed by atoms with Crippen LogP contribution in [-0.4, -0.2) is 28.0 Å². The molecule has 1 aromatic heterocycles. The first kappa shape index (κ1) is 14.9. The molecule has 2 aliphatic rings. The highest BCUT2D eigenvalue weighted by atomic mass is 35.5. The predicted molar refractivity (Wildman–Crippen MR) is 92.4 cm³/mol. The third-order valence-corrected chi connectivity index (χ3v) is 5.44. The number of aryl methyl sites for hydroxylation is 1. The summed E-state index contributed by atoms with van der Waals surface area (Å²) in [5.41, 5.74) is 9.75. The summed E-state index contributed by atoms with van der Waals surface area (Å²) >= 11 is 6.12. The number of nitrogens with two attached hydrogens (primary N) is 1. The number of anilines is 1. The number of halogens is 1. The topological polar surface area (TPSA) is 55.0 Å². The van der Waals surface area contributed by atoms with Crippen LogP contribution in [0.1, 0.15) is 36.1 Å². The molecule has 1 aromatic carbocycles. The number of aromatic nitrogens is 2. The van der Waals surface area contributed by atoms with E-state index in [2.05, 4.69) is 27.0 Å². The average Bonchev–Trinajstić information content (AvgIpc) is 2.85. The van der Waals surface area contributed by atoms with Crippen molar-refractivity contribution in [3.05, 3.63) is 52.3 Å². The van der Waals surface area contributed by atoms with Crippen LogP contribution in [0.5, 0.6) is 0 Å². The van der Waals surface area contributed by atoms with Crippen molar-refractivity contribution in [2.24, 2.45) is 0 Å². The van der Waals surface area contributed by atoms with Crippen LogP contribution >= 0.6 is 11.6 Å². The van der Waals surface area contributed by atoms with Gasteiger partial charge < -0.3 is 5.73 Å². The van der Waals surface area contributed by atoms with Gasteiger partial charge in [-0.25, -0.2) is 9.97 Å². The van der Waals surface area contributed by atoms with Gasteiger partial charge in [0.1, 0.15) is 0 Å². The second kappa shape index (κ2) is 5.77. The number of benzene rings is 1. The highest BCUT2D eigenvalue weighted by molar-refractivity contribution is 6.30. The largest absolute Gasteiger partial charge is 0.368 e. The minimum atomic E-state index is 0.156. The van der Waals surface area contributed by atoms with E-state index in [9.17, 15) is 0 Å². The Morgan fingerprint density at radius 2 is 2.22 bits per heavy atom. The Bertz CT molecular complexity index is 729. The van der Waals surface area contributed by atoms with E-state index < -0.39 is 0 Å². The zero-order valence-corrected chi connectivity index (χ0v) is 13.9. The van der Waals surface area contributed by atoms with Gasteiger partial charge in [0, 0.05) is 29.7 Å². The Labute approximate surface area is 141 Å². The molecule has 1 atom stereocenters. The lowest BCUT2D eigenvalue weighted by Gasteiger charge is -2.40. The smallest absolute Gasteiger partial charge is 0.220 e. The number of nitrogens with zero attached hydrogens (tertiary/aromatic N) is 3. The molecular weight excluding hydrogens is 308 g/mol. The molecule has 0 amide bonds. The van der Waals surface area contributed by atoms with Gasteiger partial charge in [0.25, 0.3) is 0 Å². The summed E-state index contributed by atoms with van der Waals surface area (Å²) in [5, 5.41) is 0.806. The van der Waals surface area contributed by atoms with E-state index >= 15 is 0 Å². The molecule has 4 nitrogen and oxygen atoms in total. The van der Waals surface area contributed by atoms with Gasteiger partial charge in [-0.05, 0) is 55.5 Å². The molecule has 1 fully saturated rings. The van der Waals surface area contributed by atoms with Crippen LogP contribution in [-0.2, 0) is 18.4 Å². The Hall–Kier alpha value is -1.65. The Morgan fingerprint density at radius 1 is 1.30 bits per heavy atom. The number of hydrogen-bond donors (Lipinski definition) is 1. The number of nitrogen functional groups attached to an aromatic ring is 1. The lowest BCUT2D eigenvalue weighted by molar-refractivity contribution is 0.137. The molecule has 1 unspecified atom stereocenters. The molecule has 23 heavy (non-hydrogen) atoms. The van der Waals surface area contributed by atoms with Crippen molar-refractivity contribution in [1.82, 2.24) is 14.9 Å². The van der Waals surface area contributed by atoms with Crippen molar-refractivity contribution in [2.75, 3.05) is 18.8 Å². The van der Waals surface area contributed by atoms with Crippen molar-refractivity contribution in [2.45, 2.75) is 37.6 Å². The first-order chi connectivity index (χ1) is 11.1. The molecule has 1 saturated heterocycles. The van der Waals surface area contributed by atoms with Crippen LogP contribution < -0.4 is 5.73 Å². The van der Waals surface area contributed by atoms with Crippen LogP contribution in [0.3, 0.4) is 0 Å².